The summed E-state index contributed by atoms with van der Waals surface area (Å²) in [6.45, 7) is 3.87. The molecule has 27 heavy (non-hydrogen) atoms. The fraction of sp³-hybridized carbons (Fsp3) is 0.278. The number of halogens is 1. The number of rotatable bonds is 4. The van der Waals surface area contributed by atoms with Crippen molar-refractivity contribution in [1.29, 1.82) is 0 Å². The van der Waals surface area contributed by atoms with Crippen molar-refractivity contribution in [2.45, 2.75) is 32.4 Å². The Bertz CT molecular complexity index is 1050. The number of nitrogens with zero attached hydrogens (tertiary/aromatic N) is 4. The molecule has 8 nitrogen and oxygen atoms in total. The molecule has 1 aromatic carbocycles. The highest BCUT2D eigenvalue weighted by atomic mass is 19.1. The first-order chi connectivity index (χ1) is 13.0. The summed E-state index contributed by atoms with van der Waals surface area (Å²) < 4.78 is 21.4. The molecule has 0 fully saturated rings. The predicted octanol–water partition coefficient (Wildman–Crippen LogP) is 2.46. The van der Waals surface area contributed by atoms with Crippen LogP contribution in [0.4, 0.5) is 10.2 Å². The topological polar surface area (TPSA) is 110 Å². The Morgan fingerprint density at radius 1 is 1.52 bits per heavy atom. The minimum Gasteiger partial charge on any atom is -0.490 e. The first-order valence-electron chi connectivity index (χ1n) is 8.54. The highest BCUT2D eigenvalue weighted by Crippen LogP contribution is 2.37. The maximum absolute atomic E-state index is 14.0. The molecule has 4 rings (SSSR count). The number of nitrogens with one attached hydrogen (secondary N) is 1. The molecule has 0 spiro atoms. The van der Waals surface area contributed by atoms with Gasteiger partial charge in [-0.1, -0.05) is 5.16 Å². The van der Waals surface area contributed by atoms with Gasteiger partial charge in [-0.2, -0.15) is 5.10 Å². The number of benzene rings is 1. The summed E-state index contributed by atoms with van der Waals surface area (Å²) in [5, 5.41) is 19.3. The van der Waals surface area contributed by atoms with Gasteiger partial charge >= 0.3 is 0 Å². The molecule has 0 bridgehead atoms. The van der Waals surface area contributed by atoms with E-state index in [0.717, 1.165) is 16.9 Å². The first-order valence-corrected chi connectivity index (χ1v) is 8.54. The van der Waals surface area contributed by atoms with E-state index in [1.807, 2.05) is 13.8 Å². The third-order valence-corrected chi connectivity index (χ3v) is 4.57. The molecular formula is C18H19FN6O2. The summed E-state index contributed by atoms with van der Waals surface area (Å²) in [6.07, 6.45) is 3.90. The number of hydrogen-bond acceptors (Lipinski definition) is 6. The molecule has 1 aliphatic heterocycles. The molecule has 0 saturated heterocycles. The lowest BCUT2D eigenvalue weighted by molar-refractivity contribution is 0.252. The lowest BCUT2D eigenvalue weighted by Crippen LogP contribution is -2.14. The van der Waals surface area contributed by atoms with Crippen LogP contribution in [0.3, 0.4) is 0 Å². The fourth-order valence-corrected chi connectivity index (χ4v) is 3.33. The van der Waals surface area contributed by atoms with Crippen molar-refractivity contribution in [2.24, 2.45) is 10.9 Å². The Morgan fingerprint density at radius 3 is 3.11 bits per heavy atom. The normalized spacial score (nSPS) is 17.6. The molecule has 4 N–H and O–H groups in total. The minimum atomic E-state index is -0.288. The van der Waals surface area contributed by atoms with Crippen LogP contribution in [-0.2, 0) is 6.42 Å². The van der Waals surface area contributed by atoms with E-state index in [1.165, 1.54) is 22.8 Å². The molecule has 3 aromatic rings. The summed E-state index contributed by atoms with van der Waals surface area (Å²) in [5.74, 6) is 0.912. The molecule has 0 aliphatic carbocycles. The molecule has 0 amide bonds. The Balaban J connectivity index is 1.67. The van der Waals surface area contributed by atoms with E-state index in [4.69, 9.17) is 15.7 Å². The van der Waals surface area contributed by atoms with Gasteiger partial charge in [-0.05, 0) is 32.0 Å². The molecule has 2 aromatic heterocycles. The van der Waals surface area contributed by atoms with Crippen LogP contribution in [0.2, 0.25) is 0 Å². The van der Waals surface area contributed by atoms with Crippen molar-refractivity contribution in [3.05, 3.63) is 53.1 Å². The highest BCUT2D eigenvalue weighted by molar-refractivity contribution is 6.02. The molecule has 1 aliphatic rings. The van der Waals surface area contributed by atoms with Crippen LogP contribution in [0.15, 0.2) is 35.7 Å². The van der Waals surface area contributed by atoms with Gasteiger partial charge in [0.25, 0.3) is 0 Å². The number of aromatic nitrogens is 3. The average Bonchev–Trinajstić information content (AvgIpc) is 3.22. The van der Waals surface area contributed by atoms with E-state index >= 15 is 0 Å². The van der Waals surface area contributed by atoms with E-state index < -0.39 is 0 Å². The van der Waals surface area contributed by atoms with Crippen LogP contribution in [0.25, 0.3) is 5.65 Å². The van der Waals surface area contributed by atoms with Crippen LogP contribution in [-0.4, -0.2) is 31.7 Å². The monoisotopic (exact) mass is 370 g/mol. The van der Waals surface area contributed by atoms with Gasteiger partial charge in [-0.15, -0.1) is 0 Å². The lowest BCUT2D eigenvalue weighted by Gasteiger charge is -2.18. The molecule has 2 atom stereocenters. The van der Waals surface area contributed by atoms with Crippen LogP contribution in [0.5, 0.6) is 5.75 Å². The molecule has 9 heteroatoms. The maximum atomic E-state index is 14.0. The number of fused-ring (bicyclic) bond motifs is 2. The van der Waals surface area contributed by atoms with E-state index in [0.29, 0.717) is 23.4 Å². The Hall–Kier alpha value is -3.36. The van der Waals surface area contributed by atoms with Crippen molar-refractivity contribution in [2.75, 3.05) is 5.32 Å². The number of anilines is 1. The van der Waals surface area contributed by atoms with Crippen molar-refractivity contribution >= 4 is 17.3 Å². The number of oxime groups is 1. The largest absolute Gasteiger partial charge is 0.490 e. The average molecular weight is 370 g/mol. The molecule has 0 unspecified atom stereocenters. The Kier molecular flexibility index (Phi) is 4.06. The van der Waals surface area contributed by atoms with Crippen LogP contribution < -0.4 is 15.8 Å². The number of hydrogen-bond donors (Lipinski definition) is 3. The molecule has 140 valence electrons. The summed E-state index contributed by atoms with van der Waals surface area (Å²) in [6, 6.07) is 4.50. The number of amidine groups is 1. The highest BCUT2D eigenvalue weighted by Gasteiger charge is 2.26. The zero-order valence-corrected chi connectivity index (χ0v) is 14.8. The number of ether oxygens (including phenoxy) is 1. The third-order valence-electron chi connectivity index (χ3n) is 4.57. The van der Waals surface area contributed by atoms with Gasteiger partial charge in [0.1, 0.15) is 23.5 Å². The minimum absolute atomic E-state index is 0.0253. The quantitative estimate of drug-likeness (QED) is 0.282. The van der Waals surface area contributed by atoms with Crippen molar-refractivity contribution < 1.29 is 14.3 Å². The lowest BCUT2D eigenvalue weighted by atomic mass is 10.0. The second-order valence-electron chi connectivity index (χ2n) is 6.61. The molecular weight excluding hydrogens is 351 g/mol. The SMILES string of the molecule is C[C@H]1Cc2cc(F)cc([C@@H](C)Nc3ccn4ncc(/C(N)=N/O)c4n3)c2O1. The molecule has 3 heterocycles. The Morgan fingerprint density at radius 2 is 2.33 bits per heavy atom. The zero-order valence-electron chi connectivity index (χ0n) is 14.8. The molecule has 0 saturated carbocycles. The van der Waals surface area contributed by atoms with Gasteiger partial charge in [0.05, 0.1) is 17.8 Å². The van der Waals surface area contributed by atoms with Crippen LogP contribution >= 0.6 is 0 Å². The van der Waals surface area contributed by atoms with Gasteiger partial charge < -0.3 is 21.0 Å². The van der Waals surface area contributed by atoms with E-state index in [1.54, 1.807) is 12.3 Å². The van der Waals surface area contributed by atoms with Gasteiger partial charge in [0, 0.05) is 23.7 Å². The summed E-state index contributed by atoms with van der Waals surface area (Å²) in [5.41, 5.74) is 8.13. The predicted molar refractivity (Wildman–Crippen MR) is 97.7 cm³/mol. The summed E-state index contributed by atoms with van der Waals surface area (Å²) in [7, 11) is 0. The van der Waals surface area contributed by atoms with Crippen molar-refractivity contribution in [1.82, 2.24) is 14.6 Å². The van der Waals surface area contributed by atoms with Crippen LogP contribution in [0.1, 0.15) is 36.6 Å². The summed E-state index contributed by atoms with van der Waals surface area (Å²) in [4.78, 5) is 4.48. The van der Waals surface area contributed by atoms with Crippen molar-refractivity contribution in [3.8, 4) is 5.75 Å². The van der Waals surface area contributed by atoms with Gasteiger partial charge in [0.15, 0.2) is 11.5 Å². The third kappa shape index (κ3) is 3.01. The fourth-order valence-electron chi connectivity index (χ4n) is 3.33. The number of nitrogens with two attached hydrogens (primary N) is 1. The van der Waals surface area contributed by atoms with E-state index in [9.17, 15) is 4.39 Å². The van der Waals surface area contributed by atoms with Gasteiger partial charge in [-0.3, -0.25) is 0 Å². The van der Waals surface area contributed by atoms with Crippen molar-refractivity contribution in [3.63, 3.8) is 0 Å². The van der Waals surface area contributed by atoms with Crippen LogP contribution in [0, 0.1) is 5.82 Å². The first kappa shape index (κ1) is 17.1. The standard InChI is InChI=1S/C18H19FN6O2/c1-9-5-11-6-12(19)7-13(16(11)27-9)10(2)22-15-3-4-25-18(23-15)14(8-21-25)17(20)24-26/h3-4,6-10,26H,5H2,1-2H3,(H2,20,24)(H,22,23)/t9-,10+/m0/s1. The maximum Gasteiger partial charge on any atom is 0.175 e. The van der Waals surface area contributed by atoms with Gasteiger partial charge in [-0.25, -0.2) is 13.9 Å². The zero-order chi connectivity index (χ0) is 19.1. The molecule has 0 radical (unpaired) electrons. The van der Waals surface area contributed by atoms with Gasteiger partial charge in [0.2, 0.25) is 0 Å². The van der Waals surface area contributed by atoms with E-state index in [-0.39, 0.29) is 23.8 Å². The summed E-state index contributed by atoms with van der Waals surface area (Å²) >= 11 is 0. The second-order valence-corrected chi connectivity index (χ2v) is 6.61. The smallest absolute Gasteiger partial charge is 0.175 e. The second kappa shape index (κ2) is 6.42. The Labute approximate surface area is 154 Å². The van der Waals surface area contributed by atoms with E-state index in [2.05, 4.69) is 20.6 Å².